The normalized spacial score (nSPS) is 20.2. The fraction of sp³-hybridized carbons (Fsp3) is 0.611. The first-order valence-corrected chi connectivity index (χ1v) is 9.22. The highest BCUT2D eigenvalue weighted by molar-refractivity contribution is 6.31. The molecule has 1 aliphatic carbocycles. The van der Waals surface area contributed by atoms with Crippen LogP contribution in [0.25, 0.3) is 0 Å². The van der Waals surface area contributed by atoms with Gasteiger partial charge in [0.05, 0.1) is 0 Å². The summed E-state index contributed by atoms with van der Waals surface area (Å²) < 4.78 is 13.9. The lowest BCUT2D eigenvalue weighted by Crippen LogP contribution is -2.53. The summed E-state index contributed by atoms with van der Waals surface area (Å²) in [6, 6.07) is 5.16. The smallest absolute Gasteiger partial charge is 0.317 e. The molecule has 4 nitrogen and oxygen atoms in total. The minimum atomic E-state index is -0.264. The van der Waals surface area contributed by atoms with Gasteiger partial charge < -0.3 is 10.2 Å². The molecule has 2 aliphatic rings. The van der Waals surface area contributed by atoms with Gasteiger partial charge in [0.1, 0.15) is 5.82 Å². The van der Waals surface area contributed by atoms with Crippen LogP contribution < -0.4 is 5.32 Å². The molecule has 24 heavy (non-hydrogen) atoms. The van der Waals surface area contributed by atoms with Gasteiger partial charge >= 0.3 is 6.03 Å². The van der Waals surface area contributed by atoms with Crippen LogP contribution in [0.15, 0.2) is 18.2 Å². The van der Waals surface area contributed by atoms with Gasteiger partial charge in [0.15, 0.2) is 0 Å². The number of nitrogens with zero attached hydrogens (tertiary/aromatic N) is 2. The van der Waals surface area contributed by atoms with Gasteiger partial charge in [0, 0.05) is 49.4 Å². The summed E-state index contributed by atoms with van der Waals surface area (Å²) in [5, 5.41) is 3.62. The van der Waals surface area contributed by atoms with E-state index in [1.54, 1.807) is 12.1 Å². The van der Waals surface area contributed by atoms with E-state index in [2.05, 4.69) is 10.2 Å². The van der Waals surface area contributed by atoms with Crippen molar-refractivity contribution in [2.75, 3.05) is 26.2 Å². The van der Waals surface area contributed by atoms with Crippen molar-refractivity contribution in [2.24, 2.45) is 0 Å². The van der Waals surface area contributed by atoms with Crippen LogP contribution in [-0.2, 0) is 6.54 Å². The highest BCUT2D eigenvalue weighted by atomic mass is 35.5. The lowest BCUT2D eigenvalue weighted by Gasteiger charge is -2.36. The monoisotopic (exact) mass is 353 g/mol. The molecule has 1 aliphatic heterocycles. The quantitative estimate of drug-likeness (QED) is 0.900. The number of nitrogens with one attached hydrogen (secondary N) is 1. The summed E-state index contributed by atoms with van der Waals surface area (Å²) in [7, 11) is 0. The molecule has 1 saturated heterocycles. The molecule has 0 atom stereocenters. The van der Waals surface area contributed by atoms with Crippen LogP contribution in [0, 0.1) is 5.82 Å². The second-order valence-electron chi connectivity index (χ2n) is 6.75. The van der Waals surface area contributed by atoms with Gasteiger partial charge in [-0.1, -0.05) is 36.9 Å². The first kappa shape index (κ1) is 17.5. The highest BCUT2D eigenvalue weighted by Crippen LogP contribution is 2.22. The molecule has 132 valence electrons. The number of hydrogen-bond acceptors (Lipinski definition) is 2. The topological polar surface area (TPSA) is 35.6 Å². The average Bonchev–Trinajstić information content (AvgIpc) is 2.60. The number of hydrogen-bond donors (Lipinski definition) is 1. The maximum Gasteiger partial charge on any atom is 0.317 e. The van der Waals surface area contributed by atoms with Crippen LogP contribution in [0.3, 0.4) is 0 Å². The van der Waals surface area contributed by atoms with E-state index in [0.717, 1.165) is 25.9 Å². The Kier molecular flexibility index (Phi) is 5.95. The zero-order valence-corrected chi connectivity index (χ0v) is 14.7. The Balaban J connectivity index is 1.47. The van der Waals surface area contributed by atoms with E-state index < -0.39 is 0 Å². The van der Waals surface area contributed by atoms with E-state index >= 15 is 0 Å². The van der Waals surface area contributed by atoms with Gasteiger partial charge in [-0.2, -0.15) is 0 Å². The van der Waals surface area contributed by atoms with E-state index in [-0.39, 0.29) is 11.8 Å². The summed E-state index contributed by atoms with van der Waals surface area (Å²) >= 11 is 6.10. The van der Waals surface area contributed by atoms with E-state index in [0.29, 0.717) is 36.3 Å². The summed E-state index contributed by atoms with van der Waals surface area (Å²) in [6.45, 7) is 3.31. The van der Waals surface area contributed by atoms with Crippen molar-refractivity contribution >= 4 is 17.6 Å². The number of rotatable bonds is 3. The number of halogens is 2. The predicted octanol–water partition coefficient (Wildman–Crippen LogP) is 3.64. The number of benzene rings is 1. The summed E-state index contributed by atoms with van der Waals surface area (Å²) in [5.74, 6) is -0.264. The summed E-state index contributed by atoms with van der Waals surface area (Å²) in [4.78, 5) is 16.4. The van der Waals surface area contributed by atoms with Crippen LogP contribution in [-0.4, -0.2) is 48.1 Å². The number of carbonyl (C=O) groups excluding carboxylic acids is 1. The Morgan fingerprint density at radius 3 is 2.54 bits per heavy atom. The van der Waals surface area contributed by atoms with E-state index in [1.807, 2.05) is 4.90 Å². The van der Waals surface area contributed by atoms with Gasteiger partial charge in [0.25, 0.3) is 0 Å². The number of amides is 2. The standard InChI is InChI=1S/C18H25ClFN3O/c19-16-7-4-8-17(20)15(16)13-22-9-11-23(12-10-22)18(24)21-14-5-2-1-3-6-14/h4,7-8,14H,1-3,5-6,9-13H2,(H,21,24). The minimum Gasteiger partial charge on any atom is -0.335 e. The maximum atomic E-state index is 13.9. The molecule has 0 unspecified atom stereocenters. The maximum absolute atomic E-state index is 13.9. The molecule has 1 heterocycles. The first-order chi connectivity index (χ1) is 11.6. The van der Waals surface area contributed by atoms with Crippen LogP contribution in [0.4, 0.5) is 9.18 Å². The zero-order chi connectivity index (χ0) is 16.9. The molecule has 6 heteroatoms. The third kappa shape index (κ3) is 4.39. The second kappa shape index (κ2) is 8.17. The van der Waals surface area contributed by atoms with Crippen molar-refractivity contribution in [1.29, 1.82) is 0 Å². The van der Waals surface area contributed by atoms with Crippen LogP contribution in [0.5, 0.6) is 0 Å². The molecule has 1 aromatic carbocycles. The Hall–Kier alpha value is -1.33. The summed E-state index contributed by atoms with van der Waals surface area (Å²) in [5.41, 5.74) is 0.541. The lowest BCUT2D eigenvalue weighted by molar-refractivity contribution is 0.131. The van der Waals surface area contributed by atoms with Crippen molar-refractivity contribution in [3.63, 3.8) is 0 Å². The molecule has 3 rings (SSSR count). The Bertz CT molecular complexity index is 549. The first-order valence-electron chi connectivity index (χ1n) is 8.84. The molecule has 1 saturated carbocycles. The predicted molar refractivity (Wildman–Crippen MR) is 93.7 cm³/mol. The molecular weight excluding hydrogens is 329 g/mol. The van der Waals surface area contributed by atoms with Gasteiger partial charge in [-0.15, -0.1) is 0 Å². The van der Waals surface area contributed by atoms with Crippen molar-refractivity contribution in [1.82, 2.24) is 15.1 Å². The molecule has 2 fully saturated rings. The highest BCUT2D eigenvalue weighted by Gasteiger charge is 2.24. The SMILES string of the molecule is O=C(NC1CCCCC1)N1CCN(Cc2c(F)cccc2Cl)CC1. The lowest BCUT2D eigenvalue weighted by atomic mass is 9.96. The van der Waals surface area contributed by atoms with Gasteiger partial charge in [-0.25, -0.2) is 9.18 Å². The van der Waals surface area contributed by atoms with E-state index in [1.165, 1.54) is 25.3 Å². The van der Waals surface area contributed by atoms with E-state index in [9.17, 15) is 9.18 Å². The van der Waals surface area contributed by atoms with Crippen molar-refractivity contribution in [3.8, 4) is 0 Å². The van der Waals surface area contributed by atoms with Gasteiger partial charge in [-0.3, -0.25) is 4.90 Å². The molecule has 0 spiro atoms. The van der Waals surface area contributed by atoms with Gasteiger partial charge in [0.2, 0.25) is 0 Å². The van der Waals surface area contributed by atoms with Crippen molar-refractivity contribution in [3.05, 3.63) is 34.6 Å². The average molecular weight is 354 g/mol. The molecule has 1 N–H and O–H groups in total. The molecule has 0 bridgehead atoms. The number of urea groups is 1. The minimum absolute atomic E-state index is 0.0467. The Morgan fingerprint density at radius 1 is 1.17 bits per heavy atom. The third-order valence-electron chi connectivity index (χ3n) is 5.04. The fourth-order valence-corrected chi connectivity index (χ4v) is 3.75. The molecule has 1 aromatic rings. The summed E-state index contributed by atoms with van der Waals surface area (Å²) in [6.07, 6.45) is 5.89. The van der Waals surface area contributed by atoms with Crippen molar-refractivity contribution < 1.29 is 9.18 Å². The van der Waals surface area contributed by atoms with Crippen LogP contribution in [0.1, 0.15) is 37.7 Å². The van der Waals surface area contributed by atoms with Gasteiger partial charge in [-0.05, 0) is 25.0 Å². The Morgan fingerprint density at radius 2 is 1.88 bits per heavy atom. The number of carbonyl (C=O) groups is 1. The molecule has 2 amide bonds. The Labute approximate surface area is 147 Å². The van der Waals surface area contributed by atoms with Crippen LogP contribution in [0.2, 0.25) is 5.02 Å². The van der Waals surface area contributed by atoms with Crippen LogP contribution >= 0.6 is 11.6 Å². The third-order valence-corrected chi connectivity index (χ3v) is 5.39. The number of piperazine rings is 1. The van der Waals surface area contributed by atoms with Crippen molar-refractivity contribution in [2.45, 2.75) is 44.7 Å². The molecule has 0 radical (unpaired) electrons. The fourth-order valence-electron chi connectivity index (χ4n) is 3.53. The second-order valence-corrected chi connectivity index (χ2v) is 7.16. The zero-order valence-electron chi connectivity index (χ0n) is 13.9. The molecular formula is C18H25ClFN3O. The molecule has 0 aromatic heterocycles. The largest absolute Gasteiger partial charge is 0.335 e. The van der Waals surface area contributed by atoms with E-state index in [4.69, 9.17) is 11.6 Å².